The van der Waals surface area contributed by atoms with Crippen molar-refractivity contribution in [2.24, 2.45) is 15.4 Å². The number of hydrogen-bond donors (Lipinski definition) is 2. The predicted octanol–water partition coefficient (Wildman–Crippen LogP) is 1.70. The summed E-state index contributed by atoms with van der Waals surface area (Å²) in [7, 11) is 0. The normalized spacial score (nSPS) is 12.2. The Morgan fingerprint density at radius 2 is 2.18 bits per heavy atom. The van der Waals surface area contributed by atoms with E-state index in [0.29, 0.717) is 11.3 Å². The van der Waals surface area contributed by atoms with Crippen LogP contribution in [-0.2, 0) is 4.79 Å². The maximum atomic E-state index is 10.4. The number of carboxylic acid groups (broad SMARTS) is 1. The number of hydrogen-bond acceptors (Lipinski definition) is 6. The minimum atomic E-state index is -1.06. The Balaban J connectivity index is 2.43. The van der Waals surface area contributed by atoms with Gasteiger partial charge in [0.05, 0.1) is 17.3 Å². The molecule has 1 rings (SSSR count). The Hall–Kier alpha value is -1.91. The second kappa shape index (κ2) is 6.62. The molecule has 0 bridgehead atoms. The Kier molecular flexibility index (Phi) is 5.13. The molecule has 0 aliphatic rings. The van der Waals surface area contributed by atoms with E-state index in [1.54, 1.807) is 24.3 Å². The van der Waals surface area contributed by atoms with Gasteiger partial charge >= 0.3 is 5.97 Å². The molecule has 1 aromatic carbocycles. The van der Waals surface area contributed by atoms with E-state index in [0.717, 1.165) is 11.9 Å². The second-order valence-electron chi connectivity index (χ2n) is 3.08. The van der Waals surface area contributed by atoms with E-state index in [1.807, 2.05) is 6.07 Å². The van der Waals surface area contributed by atoms with Gasteiger partial charge in [-0.15, -0.1) is 9.63 Å². The van der Waals surface area contributed by atoms with Crippen molar-refractivity contribution in [1.82, 2.24) is 0 Å². The van der Waals surface area contributed by atoms with Crippen LogP contribution in [0.4, 0.5) is 5.69 Å². The van der Waals surface area contributed by atoms with Gasteiger partial charge in [-0.2, -0.15) is 5.26 Å². The Morgan fingerprint density at radius 1 is 1.53 bits per heavy atom. The van der Waals surface area contributed by atoms with Crippen molar-refractivity contribution in [1.29, 1.82) is 5.26 Å². The largest absolute Gasteiger partial charge is 0.480 e. The van der Waals surface area contributed by atoms with Crippen LogP contribution in [-0.4, -0.2) is 22.9 Å². The van der Waals surface area contributed by atoms with Crippen LogP contribution in [0.25, 0.3) is 0 Å². The zero-order valence-corrected chi connectivity index (χ0v) is 9.59. The summed E-state index contributed by atoms with van der Waals surface area (Å²) in [5, 5.41) is 20.9. The van der Waals surface area contributed by atoms with Gasteiger partial charge in [-0.3, -0.25) is 4.79 Å². The first-order valence-corrected chi connectivity index (χ1v) is 5.59. The Labute approximate surface area is 102 Å². The number of aliphatic carboxylic acids is 1. The van der Waals surface area contributed by atoms with Crippen LogP contribution < -0.4 is 5.73 Å². The fourth-order valence-electron chi connectivity index (χ4n) is 0.864. The molecule has 0 aliphatic carbocycles. The highest BCUT2D eigenvalue weighted by atomic mass is 32.2. The number of nitrogens with zero attached hydrogens (tertiary/aromatic N) is 3. The fraction of sp³-hybridized carbons (Fsp3) is 0.200. The third kappa shape index (κ3) is 4.63. The van der Waals surface area contributed by atoms with Crippen LogP contribution in [0.2, 0.25) is 0 Å². The first-order chi connectivity index (χ1) is 8.13. The number of nitrogens with two attached hydrogens (primary N) is 1. The molecule has 0 unspecified atom stereocenters. The van der Waals surface area contributed by atoms with Crippen LogP contribution in [0, 0.1) is 11.3 Å². The molecule has 7 heteroatoms. The smallest absolute Gasteiger partial charge is 0.321 e. The molecule has 0 heterocycles. The molecule has 0 radical (unpaired) electrons. The quantitative estimate of drug-likeness (QED) is 0.610. The van der Waals surface area contributed by atoms with E-state index in [-0.39, 0.29) is 5.75 Å². The van der Waals surface area contributed by atoms with Crippen molar-refractivity contribution in [2.45, 2.75) is 6.04 Å². The van der Waals surface area contributed by atoms with Crippen LogP contribution in [0.1, 0.15) is 5.56 Å². The highest BCUT2D eigenvalue weighted by molar-refractivity contribution is 7.97. The van der Waals surface area contributed by atoms with Gasteiger partial charge in [-0.05, 0) is 36.2 Å². The van der Waals surface area contributed by atoms with Crippen molar-refractivity contribution in [3.05, 3.63) is 29.8 Å². The number of nitriles is 1. The van der Waals surface area contributed by atoms with E-state index in [2.05, 4.69) is 9.63 Å². The van der Waals surface area contributed by atoms with E-state index in [1.165, 1.54) is 0 Å². The molecule has 88 valence electrons. The minimum absolute atomic E-state index is 0.162. The lowest BCUT2D eigenvalue weighted by Gasteiger charge is -2.00. The van der Waals surface area contributed by atoms with Gasteiger partial charge in [-0.25, -0.2) is 0 Å². The maximum absolute atomic E-state index is 10.4. The molecule has 6 nitrogen and oxygen atoms in total. The van der Waals surface area contributed by atoms with Crippen LogP contribution in [0.5, 0.6) is 0 Å². The van der Waals surface area contributed by atoms with Crippen LogP contribution >= 0.6 is 11.9 Å². The van der Waals surface area contributed by atoms with Crippen molar-refractivity contribution in [3.8, 4) is 6.07 Å². The lowest BCUT2D eigenvalue weighted by molar-refractivity contribution is -0.137. The Bertz CT molecular complexity index is 452. The highest BCUT2D eigenvalue weighted by Crippen LogP contribution is 2.16. The summed E-state index contributed by atoms with van der Waals surface area (Å²) in [5.74, 6) is -0.902. The fourth-order valence-corrected chi connectivity index (χ4v) is 1.39. The maximum Gasteiger partial charge on any atom is 0.321 e. The summed E-state index contributed by atoms with van der Waals surface area (Å²) >= 11 is 0.982. The molecule has 1 aromatic rings. The molecular weight excluding hydrogens is 240 g/mol. The first-order valence-electron chi connectivity index (χ1n) is 4.65. The number of benzene rings is 1. The summed E-state index contributed by atoms with van der Waals surface area (Å²) in [5.41, 5.74) is 6.42. The predicted molar refractivity (Wildman–Crippen MR) is 63.7 cm³/mol. The molecule has 17 heavy (non-hydrogen) atoms. The molecule has 0 fully saturated rings. The lowest BCUT2D eigenvalue weighted by atomic mass is 10.2. The van der Waals surface area contributed by atoms with Gasteiger partial charge in [0.25, 0.3) is 0 Å². The van der Waals surface area contributed by atoms with E-state index in [9.17, 15) is 4.79 Å². The van der Waals surface area contributed by atoms with Crippen molar-refractivity contribution < 1.29 is 9.90 Å². The summed E-state index contributed by atoms with van der Waals surface area (Å²) in [6.07, 6.45) is 0. The molecule has 0 aliphatic heterocycles. The monoisotopic (exact) mass is 250 g/mol. The average Bonchev–Trinajstić information content (AvgIpc) is 2.35. The topological polar surface area (TPSA) is 112 Å². The van der Waals surface area contributed by atoms with Gasteiger partial charge in [0.15, 0.2) is 0 Å². The van der Waals surface area contributed by atoms with Crippen LogP contribution in [0.3, 0.4) is 0 Å². The molecule has 0 saturated heterocycles. The van der Waals surface area contributed by atoms with Crippen molar-refractivity contribution >= 4 is 23.6 Å². The van der Waals surface area contributed by atoms with E-state index >= 15 is 0 Å². The van der Waals surface area contributed by atoms with Crippen LogP contribution in [0.15, 0.2) is 33.9 Å². The third-order valence-corrected chi connectivity index (χ3v) is 2.49. The molecule has 0 spiro atoms. The molecule has 0 aromatic heterocycles. The third-order valence-electron chi connectivity index (χ3n) is 1.78. The van der Waals surface area contributed by atoms with Gasteiger partial charge in [0, 0.05) is 5.75 Å². The lowest BCUT2D eigenvalue weighted by Crippen LogP contribution is -2.32. The SMILES string of the molecule is N#Cc1ccc(N=NSC[C@H](N)C(=O)O)cc1. The number of rotatable bonds is 5. The zero-order chi connectivity index (χ0) is 12.7. The van der Waals surface area contributed by atoms with Crippen molar-refractivity contribution in [3.63, 3.8) is 0 Å². The molecular formula is C10H10N4O2S. The molecule has 3 N–H and O–H groups in total. The Morgan fingerprint density at radius 3 is 2.71 bits per heavy atom. The zero-order valence-electron chi connectivity index (χ0n) is 8.78. The van der Waals surface area contributed by atoms with Crippen molar-refractivity contribution in [2.75, 3.05) is 5.75 Å². The van der Waals surface area contributed by atoms with Gasteiger partial charge < -0.3 is 10.8 Å². The second-order valence-corrected chi connectivity index (χ2v) is 3.84. The van der Waals surface area contributed by atoms with E-state index in [4.69, 9.17) is 16.1 Å². The summed E-state index contributed by atoms with van der Waals surface area (Å²) < 4.78 is 3.73. The standard InChI is InChI=1S/C10H10N4O2S/c11-5-7-1-3-8(4-2-7)13-14-17-6-9(12)10(15)16/h1-4,9H,6,12H2,(H,15,16)/t9-/m0/s1. The average molecular weight is 250 g/mol. The summed E-state index contributed by atoms with van der Waals surface area (Å²) in [6, 6.07) is 7.60. The highest BCUT2D eigenvalue weighted by Gasteiger charge is 2.10. The van der Waals surface area contributed by atoms with Gasteiger partial charge in [0.2, 0.25) is 0 Å². The number of carboxylic acids is 1. The first kappa shape index (κ1) is 13.2. The number of carbonyl (C=O) groups is 1. The molecule has 1 atom stereocenters. The van der Waals surface area contributed by atoms with Gasteiger partial charge in [0.1, 0.15) is 6.04 Å². The molecule has 0 amide bonds. The summed E-state index contributed by atoms with van der Waals surface area (Å²) in [4.78, 5) is 10.4. The molecule has 0 saturated carbocycles. The minimum Gasteiger partial charge on any atom is -0.480 e. The van der Waals surface area contributed by atoms with E-state index < -0.39 is 12.0 Å². The summed E-state index contributed by atoms with van der Waals surface area (Å²) in [6.45, 7) is 0. The van der Waals surface area contributed by atoms with Gasteiger partial charge in [-0.1, -0.05) is 0 Å².